The number of ether oxygens (including phenoxy) is 1. The van der Waals surface area contributed by atoms with Crippen LogP contribution in [0.25, 0.3) is 33.5 Å². The van der Waals surface area contributed by atoms with Crippen LogP contribution in [0.5, 0.6) is 11.8 Å². The topological polar surface area (TPSA) is 110 Å². The van der Waals surface area contributed by atoms with Crippen molar-refractivity contribution in [3.8, 4) is 34.3 Å². The van der Waals surface area contributed by atoms with Crippen LogP contribution in [0, 0.1) is 13.8 Å². The molecule has 0 saturated heterocycles. The van der Waals surface area contributed by atoms with Gasteiger partial charge in [0.05, 0.1) is 23.0 Å². The predicted octanol–water partition coefficient (Wildman–Crippen LogP) is 3.82. The fraction of sp³-hybridized carbons (Fsp3) is 0.174. The second-order valence-corrected chi connectivity index (χ2v) is 7.65. The van der Waals surface area contributed by atoms with Gasteiger partial charge in [-0.3, -0.25) is 4.68 Å². The molecule has 0 amide bonds. The van der Waals surface area contributed by atoms with E-state index in [1.54, 1.807) is 6.20 Å². The Morgan fingerprint density at radius 3 is 2.41 bits per heavy atom. The third-order valence-corrected chi connectivity index (χ3v) is 5.47. The standard InChI is InChI=1S/C23H22N8O/c1-13-11-28-31(4)19(13)20-17(18-21(24)26-12-27-22(18)30(20)3)15-5-7-16(8-6-15)32-23-25-10-9-14(2)29-23/h5-12H,1-4H3,(H2,24,26,27). The van der Waals surface area contributed by atoms with Gasteiger partial charge in [-0.2, -0.15) is 5.10 Å². The second-order valence-electron chi connectivity index (χ2n) is 7.65. The molecule has 1 aromatic carbocycles. The van der Waals surface area contributed by atoms with Crippen LogP contribution in [0.2, 0.25) is 0 Å². The zero-order chi connectivity index (χ0) is 22.4. The van der Waals surface area contributed by atoms with Crippen LogP contribution in [-0.2, 0) is 14.1 Å². The third kappa shape index (κ3) is 3.15. The van der Waals surface area contributed by atoms with E-state index in [9.17, 15) is 0 Å². The van der Waals surface area contributed by atoms with E-state index < -0.39 is 0 Å². The first-order valence-electron chi connectivity index (χ1n) is 10.1. The first-order valence-corrected chi connectivity index (χ1v) is 10.1. The third-order valence-electron chi connectivity index (χ3n) is 5.47. The molecule has 160 valence electrons. The number of nitrogens with zero attached hydrogens (tertiary/aromatic N) is 7. The maximum Gasteiger partial charge on any atom is 0.322 e. The minimum absolute atomic E-state index is 0.312. The van der Waals surface area contributed by atoms with Crippen molar-refractivity contribution in [1.29, 1.82) is 0 Å². The van der Waals surface area contributed by atoms with E-state index in [-0.39, 0.29) is 0 Å². The summed E-state index contributed by atoms with van der Waals surface area (Å²) in [5.74, 6) is 1.07. The zero-order valence-electron chi connectivity index (χ0n) is 18.2. The number of hydrogen-bond acceptors (Lipinski definition) is 7. The van der Waals surface area contributed by atoms with Crippen molar-refractivity contribution in [3.05, 3.63) is 60.3 Å². The molecule has 0 unspecified atom stereocenters. The molecule has 0 spiro atoms. The Morgan fingerprint density at radius 2 is 1.72 bits per heavy atom. The van der Waals surface area contributed by atoms with Crippen molar-refractivity contribution in [3.63, 3.8) is 0 Å². The molecule has 9 nitrogen and oxygen atoms in total. The maximum absolute atomic E-state index is 6.32. The van der Waals surface area contributed by atoms with E-state index in [0.29, 0.717) is 17.6 Å². The van der Waals surface area contributed by atoms with Crippen LogP contribution in [0.3, 0.4) is 0 Å². The molecular weight excluding hydrogens is 404 g/mol. The summed E-state index contributed by atoms with van der Waals surface area (Å²) in [5, 5.41) is 5.24. The summed E-state index contributed by atoms with van der Waals surface area (Å²) in [6.07, 6.45) is 5.01. The normalized spacial score (nSPS) is 11.2. The lowest BCUT2D eigenvalue weighted by atomic mass is 10.00. The van der Waals surface area contributed by atoms with Gasteiger partial charge in [-0.05, 0) is 43.2 Å². The largest absolute Gasteiger partial charge is 0.424 e. The predicted molar refractivity (Wildman–Crippen MR) is 122 cm³/mol. The fourth-order valence-electron chi connectivity index (χ4n) is 3.99. The van der Waals surface area contributed by atoms with Gasteiger partial charge in [0.25, 0.3) is 0 Å². The van der Waals surface area contributed by atoms with Crippen molar-refractivity contribution >= 4 is 16.9 Å². The van der Waals surface area contributed by atoms with Gasteiger partial charge in [0, 0.05) is 31.5 Å². The van der Waals surface area contributed by atoms with E-state index in [1.807, 2.05) is 73.7 Å². The molecule has 32 heavy (non-hydrogen) atoms. The summed E-state index contributed by atoms with van der Waals surface area (Å²) >= 11 is 0. The van der Waals surface area contributed by atoms with Crippen LogP contribution >= 0.6 is 0 Å². The SMILES string of the molecule is Cc1ccnc(Oc2ccc(-c3c(-c4c(C)cnn4C)n(C)c4ncnc(N)c34)cc2)n1. The van der Waals surface area contributed by atoms with Crippen molar-refractivity contribution in [2.24, 2.45) is 14.1 Å². The van der Waals surface area contributed by atoms with Gasteiger partial charge >= 0.3 is 6.01 Å². The smallest absolute Gasteiger partial charge is 0.322 e. The lowest BCUT2D eigenvalue weighted by molar-refractivity contribution is 0.440. The molecule has 4 heterocycles. The minimum atomic E-state index is 0.312. The summed E-state index contributed by atoms with van der Waals surface area (Å²) in [7, 11) is 3.91. The lowest BCUT2D eigenvalue weighted by Gasteiger charge is -2.11. The van der Waals surface area contributed by atoms with E-state index in [1.165, 1.54) is 6.33 Å². The van der Waals surface area contributed by atoms with Crippen molar-refractivity contribution < 1.29 is 4.74 Å². The molecular formula is C23H22N8O. The molecule has 2 N–H and O–H groups in total. The zero-order valence-corrected chi connectivity index (χ0v) is 18.2. The van der Waals surface area contributed by atoms with Crippen molar-refractivity contribution in [2.75, 3.05) is 5.73 Å². The average molecular weight is 426 g/mol. The summed E-state index contributed by atoms with van der Waals surface area (Å²) in [4.78, 5) is 17.2. The van der Waals surface area contributed by atoms with Gasteiger partial charge in [-0.15, -0.1) is 0 Å². The van der Waals surface area contributed by atoms with E-state index >= 15 is 0 Å². The first-order chi connectivity index (χ1) is 15.4. The molecule has 0 aliphatic heterocycles. The molecule has 0 saturated carbocycles. The minimum Gasteiger partial charge on any atom is -0.424 e. The summed E-state index contributed by atoms with van der Waals surface area (Å²) < 4.78 is 9.72. The van der Waals surface area contributed by atoms with E-state index in [0.717, 1.165) is 44.8 Å². The molecule has 0 aliphatic carbocycles. The highest BCUT2D eigenvalue weighted by Gasteiger charge is 2.24. The number of aryl methyl sites for hydroxylation is 4. The Morgan fingerprint density at radius 1 is 0.938 bits per heavy atom. The van der Waals surface area contributed by atoms with Gasteiger partial charge < -0.3 is 15.0 Å². The quantitative estimate of drug-likeness (QED) is 0.465. The van der Waals surface area contributed by atoms with Gasteiger partial charge in [-0.1, -0.05) is 12.1 Å². The van der Waals surface area contributed by atoms with Gasteiger partial charge in [0.2, 0.25) is 0 Å². The van der Waals surface area contributed by atoms with E-state index in [4.69, 9.17) is 10.5 Å². The molecule has 5 rings (SSSR count). The van der Waals surface area contributed by atoms with Crippen LogP contribution in [0.1, 0.15) is 11.3 Å². The van der Waals surface area contributed by atoms with Crippen LogP contribution in [0.4, 0.5) is 5.82 Å². The fourth-order valence-corrected chi connectivity index (χ4v) is 3.99. The van der Waals surface area contributed by atoms with Crippen LogP contribution in [0.15, 0.2) is 49.1 Å². The van der Waals surface area contributed by atoms with Gasteiger partial charge in [0.1, 0.15) is 23.5 Å². The number of anilines is 1. The monoisotopic (exact) mass is 426 g/mol. The highest BCUT2D eigenvalue weighted by atomic mass is 16.5. The molecule has 0 bridgehead atoms. The first kappa shape index (κ1) is 19.7. The number of aromatic nitrogens is 7. The van der Waals surface area contributed by atoms with Crippen molar-refractivity contribution in [1.82, 2.24) is 34.3 Å². The molecule has 0 radical (unpaired) electrons. The highest BCUT2D eigenvalue weighted by molar-refractivity contribution is 6.07. The van der Waals surface area contributed by atoms with Gasteiger partial charge in [0.15, 0.2) is 0 Å². The van der Waals surface area contributed by atoms with E-state index in [2.05, 4.69) is 25.0 Å². The number of nitrogens with two attached hydrogens (primary N) is 1. The summed E-state index contributed by atoms with van der Waals surface area (Å²) in [6.45, 7) is 3.93. The molecule has 5 aromatic rings. The Balaban J connectivity index is 1.68. The number of fused-ring (bicyclic) bond motifs is 1. The number of hydrogen-bond donors (Lipinski definition) is 1. The molecule has 0 atom stereocenters. The lowest BCUT2D eigenvalue weighted by Crippen LogP contribution is -2.01. The van der Waals surface area contributed by atoms with Crippen LogP contribution < -0.4 is 10.5 Å². The van der Waals surface area contributed by atoms with Crippen molar-refractivity contribution in [2.45, 2.75) is 13.8 Å². The Labute approximate surface area is 184 Å². The molecule has 4 aromatic heterocycles. The molecule has 9 heteroatoms. The number of rotatable bonds is 4. The highest BCUT2D eigenvalue weighted by Crippen LogP contribution is 2.42. The molecule has 0 aliphatic rings. The maximum atomic E-state index is 6.32. The second kappa shape index (κ2) is 7.45. The van der Waals surface area contributed by atoms with Gasteiger partial charge in [-0.25, -0.2) is 19.9 Å². The summed E-state index contributed by atoms with van der Waals surface area (Å²) in [5.41, 5.74) is 12.9. The van der Waals surface area contributed by atoms with Crippen LogP contribution in [-0.4, -0.2) is 34.3 Å². The Hall–Kier alpha value is -4.27. The Kier molecular flexibility index (Phi) is 4.58. The number of nitrogen functional groups attached to an aromatic ring is 1. The average Bonchev–Trinajstić information content (AvgIpc) is 3.25. The Bertz CT molecular complexity index is 1430. The molecule has 0 fully saturated rings. The number of benzene rings is 1. The summed E-state index contributed by atoms with van der Waals surface area (Å²) in [6, 6.07) is 9.89.